The summed E-state index contributed by atoms with van der Waals surface area (Å²) in [5.74, 6) is 0.745. The van der Waals surface area contributed by atoms with Crippen LogP contribution in [0.15, 0.2) is 36.8 Å². The van der Waals surface area contributed by atoms with Crippen molar-refractivity contribution in [3.8, 4) is 5.75 Å². The van der Waals surface area contributed by atoms with E-state index in [9.17, 15) is 4.79 Å². The standard InChI is InChI=1S/C23H26N4O3/c1-29-18-5-6-19-15(11-18)3-2-4-20(19)26-23(28)16-12-21-22(24-13-16)27(14-25-21)17-7-9-30-10-8-17/h5-6,11-14,17,20H,2-4,7-10H2,1H3,(H,26,28). The van der Waals surface area contributed by atoms with Crippen molar-refractivity contribution in [2.75, 3.05) is 20.3 Å². The van der Waals surface area contributed by atoms with Gasteiger partial charge in [0.15, 0.2) is 5.65 Å². The number of aryl methyl sites for hydroxylation is 1. The van der Waals surface area contributed by atoms with Crippen molar-refractivity contribution in [1.82, 2.24) is 19.9 Å². The predicted octanol–water partition coefficient (Wildman–Crippen LogP) is 3.60. The smallest absolute Gasteiger partial charge is 0.253 e. The molecule has 1 atom stereocenters. The van der Waals surface area contributed by atoms with Gasteiger partial charge in [-0.1, -0.05) is 6.07 Å². The molecule has 0 saturated carbocycles. The first-order valence-corrected chi connectivity index (χ1v) is 10.6. The molecule has 1 N–H and O–H groups in total. The number of methoxy groups -OCH3 is 1. The van der Waals surface area contributed by atoms with Crippen molar-refractivity contribution in [3.63, 3.8) is 0 Å². The van der Waals surface area contributed by atoms with Crippen LogP contribution in [0.25, 0.3) is 11.2 Å². The fourth-order valence-corrected chi connectivity index (χ4v) is 4.58. The van der Waals surface area contributed by atoms with Crippen molar-refractivity contribution in [1.29, 1.82) is 0 Å². The van der Waals surface area contributed by atoms with E-state index in [0.717, 1.165) is 62.2 Å². The summed E-state index contributed by atoms with van der Waals surface area (Å²) in [4.78, 5) is 22.1. The van der Waals surface area contributed by atoms with E-state index in [1.165, 1.54) is 11.1 Å². The molecule has 0 spiro atoms. The van der Waals surface area contributed by atoms with Crippen LogP contribution in [0.2, 0.25) is 0 Å². The summed E-state index contributed by atoms with van der Waals surface area (Å²) in [5.41, 5.74) is 4.54. The van der Waals surface area contributed by atoms with E-state index in [4.69, 9.17) is 9.47 Å². The molecule has 2 aliphatic rings. The minimum Gasteiger partial charge on any atom is -0.497 e. The lowest BCUT2D eigenvalue weighted by Crippen LogP contribution is -2.31. The number of imidazole rings is 1. The highest BCUT2D eigenvalue weighted by molar-refractivity contribution is 5.96. The number of aromatic nitrogens is 3. The lowest BCUT2D eigenvalue weighted by Gasteiger charge is -2.27. The number of fused-ring (bicyclic) bond motifs is 2. The van der Waals surface area contributed by atoms with E-state index in [0.29, 0.717) is 11.6 Å². The number of benzene rings is 1. The van der Waals surface area contributed by atoms with Crippen molar-refractivity contribution in [2.45, 2.75) is 44.2 Å². The minimum atomic E-state index is -0.112. The number of pyridine rings is 1. The molecule has 30 heavy (non-hydrogen) atoms. The Kier molecular flexibility index (Phi) is 5.12. The van der Waals surface area contributed by atoms with Gasteiger partial charge in [-0.3, -0.25) is 4.79 Å². The number of nitrogens with zero attached hydrogens (tertiary/aromatic N) is 3. The second-order valence-corrected chi connectivity index (χ2v) is 8.05. The number of carbonyl (C=O) groups is 1. The Labute approximate surface area is 175 Å². The molecule has 1 aromatic carbocycles. The average Bonchev–Trinajstić information content (AvgIpc) is 3.22. The topological polar surface area (TPSA) is 78.3 Å². The van der Waals surface area contributed by atoms with Crippen LogP contribution in [0.4, 0.5) is 0 Å². The molecule has 1 unspecified atom stereocenters. The molecule has 0 radical (unpaired) electrons. The lowest BCUT2D eigenvalue weighted by atomic mass is 9.87. The Morgan fingerprint density at radius 1 is 1.20 bits per heavy atom. The van der Waals surface area contributed by atoms with Crippen LogP contribution >= 0.6 is 0 Å². The molecule has 3 aromatic rings. The van der Waals surface area contributed by atoms with E-state index in [1.807, 2.05) is 18.5 Å². The average molecular weight is 406 g/mol. The number of hydrogen-bond acceptors (Lipinski definition) is 5. The third kappa shape index (κ3) is 3.54. The zero-order valence-corrected chi connectivity index (χ0v) is 17.1. The Balaban J connectivity index is 1.36. The molecular weight excluding hydrogens is 380 g/mol. The molecule has 1 saturated heterocycles. The van der Waals surface area contributed by atoms with Crippen molar-refractivity contribution in [3.05, 3.63) is 53.5 Å². The van der Waals surface area contributed by atoms with Crippen LogP contribution < -0.4 is 10.1 Å². The summed E-state index contributed by atoms with van der Waals surface area (Å²) in [6.07, 6.45) is 8.39. The predicted molar refractivity (Wildman–Crippen MR) is 113 cm³/mol. The third-order valence-electron chi connectivity index (χ3n) is 6.23. The van der Waals surface area contributed by atoms with E-state index in [2.05, 4.69) is 32.0 Å². The lowest BCUT2D eigenvalue weighted by molar-refractivity contribution is 0.0704. The zero-order valence-electron chi connectivity index (χ0n) is 17.1. The Morgan fingerprint density at radius 3 is 2.90 bits per heavy atom. The number of nitrogens with one attached hydrogen (secondary N) is 1. The number of hydrogen-bond donors (Lipinski definition) is 1. The first-order chi connectivity index (χ1) is 14.7. The van der Waals surface area contributed by atoms with Crippen LogP contribution in [0, 0.1) is 0 Å². The molecule has 1 fully saturated rings. The fourth-order valence-electron chi connectivity index (χ4n) is 4.58. The number of carbonyl (C=O) groups excluding carboxylic acids is 1. The molecule has 0 bridgehead atoms. The Bertz CT molecular complexity index is 1070. The van der Waals surface area contributed by atoms with E-state index < -0.39 is 0 Å². The van der Waals surface area contributed by atoms with Crippen LogP contribution in [-0.4, -0.2) is 40.8 Å². The van der Waals surface area contributed by atoms with Gasteiger partial charge in [0.1, 0.15) is 11.3 Å². The maximum absolute atomic E-state index is 13.0. The largest absolute Gasteiger partial charge is 0.497 e. The van der Waals surface area contributed by atoms with Gasteiger partial charge in [0.25, 0.3) is 5.91 Å². The fraction of sp³-hybridized carbons (Fsp3) is 0.435. The van der Waals surface area contributed by atoms with Crippen molar-refractivity contribution < 1.29 is 14.3 Å². The molecule has 1 aliphatic carbocycles. The van der Waals surface area contributed by atoms with Crippen LogP contribution in [0.1, 0.15) is 59.3 Å². The zero-order chi connectivity index (χ0) is 20.5. The van der Waals surface area contributed by atoms with Crippen LogP contribution in [0.5, 0.6) is 5.75 Å². The van der Waals surface area contributed by atoms with Crippen LogP contribution in [0.3, 0.4) is 0 Å². The number of rotatable bonds is 4. The van der Waals surface area contributed by atoms with Gasteiger partial charge in [0.2, 0.25) is 0 Å². The Hall–Kier alpha value is -2.93. The van der Waals surface area contributed by atoms with E-state index in [1.54, 1.807) is 13.3 Å². The molecular formula is C23H26N4O3. The highest BCUT2D eigenvalue weighted by atomic mass is 16.5. The molecule has 1 amide bonds. The maximum atomic E-state index is 13.0. The highest BCUT2D eigenvalue weighted by Gasteiger charge is 2.24. The summed E-state index contributed by atoms with van der Waals surface area (Å²) in [7, 11) is 1.68. The number of ether oxygens (including phenoxy) is 2. The summed E-state index contributed by atoms with van der Waals surface area (Å²) < 4.78 is 12.9. The first-order valence-electron chi connectivity index (χ1n) is 10.6. The maximum Gasteiger partial charge on any atom is 0.253 e. The SMILES string of the molecule is COc1ccc2c(c1)CCCC2NC(=O)c1cnc2c(c1)ncn2C1CCOCC1. The van der Waals surface area contributed by atoms with Gasteiger partial charge in [-0.05, 0) is 61.4 Å². The minimum absolute atomic E-state index is 0.00245. The molecule has 3 heterocycles. The van der Waals surface area contributed by atoms with Crippen LogP contribution in [-0.2, 0) is 11.2 Å². The van der Waals surface area contributed by atoms with Gasteiger partial charge in [0.05, 0.1) is 25.0 Å². The second kappa shape index (κ2) is 8.07. The van der Waals surface area contributed by atoms with Gasteiger partial charge >= 0.3 is 0 Å². The van der Waals surface area contributed by atoms with Gasteiger partial charge in [-0.2, -0.15) is 0 Å². The highest BCUT2D eigenvalue weighted by Crippen LogP contribution is 2.32. The number of amides is 1. The molecule has 7 nitrogen and oxygen atoms in total. The van der Waals surface area contributed by atoms with Gasteiger partial charge < -0.3 is 19.4 Å². The van der Waals surface area contributed by atoms with Crippen molar-refractivity contribution >= 4 is 17.1 Å². The molecule has 2 aromatic heterocycles. The Morgan fingerprint density at radius 2 is 2.07 bits per heavy atom. The van der Waals surface area contributed by atoms with Gasteiger partial charge in [-0.15, -0.1) is 0 Å². The van der Waals surface area contributed by atoms with Gasteiger partial charge in [-0.25, -0.2) is 9.97 Å². The van der Waals surface area contributed by atoms with Crippen molar-refractivity contribution in [2.24, 2.45) is 0 Å². The first kappa shape index (κ1) is 19.1. The summed E-state index contributed by atoms with van der Waals surface area (Å²) in [6.45, 7) is 1.53. The summed E-state index contributed by atoms with van der Waals surface area (Å²) in [6, 6.07) is 8.29. The van der Waals surface area contributed by atoms with E-state index in [-0.39, 0.29) is 11.9 Å². The van der Waals surface area contributed by atoms with E-state index >= 15 is 0 Å². The monoisotopic (exact) mass is 406 g/mol. The third-order valence-corrected chi connectivity index (χ3v) is 6.23. The molecule has 7 heteroatoms. The molecule has 1 aliphatic heterocycles. The summed E-state index contributed by atoms with van der Waals surface area (Å²) in [5, 5.41) is 3.19. The molecule has 5 rings (SSSR count). The van der Waals surface area contributed by atoms with Gasteiger partial charge in [0, 0.05) is 25.5 Å². The normalized spacial score (nSPS) is 19.4. The molecule has 156 valence electrons. The summed E-state index contributed by atoms with van der Waals surface area (Å²) >= 11 is 0. The second-order valence-electron chi connectivity index (χ2n) is 8.05. The quantitative estimate of drug-likeness (QED) is 0.716.